The molecule has 1 aliphatic carbocycles. The van der Waals surface area contributed by atoms with Gasteiger partial charge in [0, 0.05) is 23.7 Å². The summed E-state index contributed by atoms with van der Waals surface area (Å²) in [4.78, 5) is 2.44. The van der Waals surface area contributed by atoms with Gasteiger partial charge in [-0.15, -0.1) is 0 Å². The van der Waals surface area contributed by atoms with E-state index in [1.807, 2.05) is 0 Å². The quantitative estimate of drug-likeness (QED) is 0.812. The minimum atomic E-state index is 0.155. The maximum Gasteiger partial charge on any atom is 0.0606 e. The summed E-state index contributed by atoms with van der Waals surface area (Å²) >= 11 is 0. The average molecular weight is 249 g/mol. The maximum atomic E-state index is 9.36. The van der Waals surface area contributed by atoms with Gasteiger partial charge in [-0.3, -0.25) is 0 Å². The second-order valence-electron chi connectivity index (χ2n) is 6.73. The smallest absolute Gasteiger partial charge is 0.0606 e. The number of aliphatic hydroxyl groups excluding tert-OH is 1. The van der Waals surface area contributed by atoms with Crippen molar-refractivity contribution in [3.63, 3.8) is 0 Å². The number of likely N-dealkylation sites (tertiary alicyclic amines) is 1. The lowest BCUT2D eigenvalue weighted by Gasteiger charge is -2.53. The molecule has 1 fully saturated rings. The molecule has 2 rings (SSSR count). The Labute approximate surface area is 111 Å². The Balaban J connectivity index is 2.41. The van der Waals surface area contributed by atoms with E-state index < -0.39 is 0 Å². The molecule has 0 aromatic rings. The number of piperidine rings is 1. The van der Waals surface area contributed by atoms with Gasteiger partial charge in [-0.05, 0) is 45.1 Å². The Morgan fingerprint density at radius 3 is 2.67 bits per heavy atom. The van der Waals surface area contributed by atoms with Crippen molar-refractivity contribution in [1.82, 2.24) is 4.90 Å². The SMILES string of the molecule is CC1=CC(C)C2C(=C1)N(CCO)C(C)(C)CC2C. The molecule has 1 aliphatic heterocycles. The highest BCUT2D eigenvalue weighted by Crippen LogP contribution is 2.46. The van der Waals surface area contributed by atoms with Gasteiger partial charge in [-0.2, -0.15) is 0 Å². The summed E-state index contributed by atoms with van der Waals surface area (Å²) in [5, 5.41) is 9.36. The van der Waals surface area contributed by atoms with Crippen LogP contribution in [-0.4, -0.2) is 28.7 Å². The van der Waals surface area contributed by atoms with Crippen LogP contribution in [-0.2, 0) is 0 Å². The van der Waals surface area contributed by atoms with Gasteiger partial charge in [0.15, 0.2) is 0 Å². The van der Waals surface area contributed by atoms with E-state index in [0.717, 1.165) is 6.54 Å². The molecular formula is C16H27NO. The standard InChI is InChI=1S/C16H27NO/c1-11-8-12(2)15-13(3)10-16(4,5)17(6-7-18)14(15)9-11/h8-9,12-13,15,18H,6-7,10H2,1-5H3. The molecule has 3 unspecified atom stereocenters. The fraction of sp³-hybridized carbons (Fsp3) is 0.750. The molecule has 2 heteroatoms. The first-order valence-corrected chi connectivity index (χ1v) is 7.15. The molecule has 2 aliphatic rings. The van der Waals surface area contributed by atoms with Crippen LogP contribution in [0.25, 0.3) is 0 Å². The van der Waals surface area contributed by atoms with Crippen molar-refractivity contribution >= 4 is 0 Å². The minimum Gasteiger partial charge on any atom is -0.395 e. The molecule has 0 saturated carbocycles. The summed E-state index contributed by atoms with van der Waals surface area (Å²) in [6, 6.07) is 0. The van der Waals surface area contributed by atoms with E-state index >= 15 is 0 Å². The van der Waals surface area contributed by atoms with Crippen LogP contribution in [0.1, 0.15) is 41.0 Å². The van der Waals surface area contributed by atoms with Crippen LogP contribution in [0.5, 0.6) is 0 Å². The van der Waals surface area contributed by atoms with Crippen LogP contribution in [0.4, 0.5) is 0 Å². The molecule has 0 spiro atoms. The van der Waals surface area contributed by atoms with E-state index in [1.54, 1.807) is 0 Å². The lowest BCUT2D eigenvalue weighted by atomic mass is 9.68. The minimum absolute atomic E-state index is 0.155. The third-order valence-electron chi connectivity index (χ3n) is 4.61. The van der Waals surface area contributed by atoms with Gasteiger partial charge in [0.05, 0.1) is 6.61 Å². The fourth-order valence-corrected chi connectivity index (χ4v) is 4.14. The Morgan fingerprint density at radius 2 is 2.06 bits per heavy atom. The van der Waals surface area contributed by atoms with Crippen LogP contribution < -0.4 is 0 Å². The number of hydrogen-bond donors (Lipinski definition) is 1. The molecule has 2 nitrogen and oxygen atoms in total. The maximum absolute atomic E-state index is 9.36. The third kappa shape index (κ3) is 2.23. The number of aliphatic hydroxyl groups is 1. The molecule has 0 radical (unpaired) electrons. The van der Waals surface area contributed by atoms with Gasteiger partial charge >= 0.3 is 0 Å². The Bertz CT molecular complexity index is 381. The van der Waals surface area contributed by atoms with E-state index in [0.29, 0.717) is 17.8 Å². The van der Waals surface area contributed by atoms with Gasteiger partial charge in [0.25, 0.3) is 0 Å². The van der Waals surface area contributed by atoms with Crippen molar-refractivity contribution in [2.24, 2.45) is 17.8 Å². The molecule has 0 amide bonds. The highest BCUT2D eigenvalue weighted by atomic mass is 16.3. The zero-order chi connectivity index (χ0) is 13.5. The number of β-amino-alcohol motifs (C(OH)–C–C–N with tert-alkyl or cyclic N) is 1. The summed E-state index contributed by atoms with van der Waals surface area (Å²) in [5.41, 5.74) is 2.96. The van der Waals surface area contributed by atoms with E-state index in [-0.39, 0.29) is 12.1 Å². The predicted octanol–water partition coefficient (Wildman–Crippen LogP) is 3.20. The second kappa shape index (κ2) is 4.73. The highest BCUT2D eigenvalue weighted by molar-refractivity contribution is 5.32. The average Bonchev–Trinajstić information content (AvgIpc) is 2.21. The molecule has 102 valence electrons. The van der Waals surface area contributed by atoms with Crippen LogP contribution in [0.2, 0.25) is 0 Å². The van der Waals surface area contributed by atoms with Crippen molar-refractivity contribution in [2.45, 2.75) is 46.6 Å². The second-order valence-corrected chi connectivity index (χ2v) is 6.73. The summed E-state index contributed by atoms with van der Waals surface area (Å²) in [6.45, 7) is 12.5. The Morgan fingerprint density at radius 1 is 1.39 bits per heavy atom. The summed E-state index contributed by atoms with van der Waals surface area (Å²) in [6.07, 6.45) is 5.92. The Kier molecular flexibility index (Phi) is 3.59. The first-order chi connectivity index (χ1) is 8.36. The highest BCUT2D eigenvalue weighted by Gasteiger charge is 2.43. The number of nitrogens with zero attached hydrogens (tertiary/aromatic N) is 1. The topological polar surface area (TPSA) is 23.5 Å². The zero-order valence-electron chi connectivity index (χ0n) is 12.4. The van der Waals surface area contributed by atoms with Crippen molar-refractivity contribution in [3.8, 4) is 0 Å². The molecule has 3 atom stereocenters. The zero-order valence-corrected chi connectivity index (χ0v) is 12.4. The number of rotatable bonds is 2. The van der Waals surface area contributed by atoms with Gasteiger partial charge in [-0.1, -0.05) is 25.5 Å². The molecule has 0 aromatic heterocycles. The lowest BCUT2D eigenvalue weighted by Crippen LogP contribution is -2.54. The van der Waals surface area contributed by atoms with Crippen molar-refractivity contribution < 1.29 is 5.11 Å². The first kappa shape index (κ1) is 13.7. The first-order valence-electron chi connectivity index (χ1n) is 7.15. The van der Waals surface area contributed by atoms with Crippen LogP contribution in [0.15, 0.2) is 23.4 Å². The lowest BCUT2D eigenvalue weighted by molar-refractivity contribution is 0.0344. The number of allylic oxidation sites excluding steroid dienone is 4. The van der Waals surface area contributed by atoms with Crippen molar-refractivity contribution in [1.29, 1.82) is 0 Å². The number of fused-ring (bicyclic) bond motifs is 1. The molecule has 1 saturated heterocycles. The normalized spacial score (nSPS) is 34.8. The van der Waals surface area contributed by atoms with Gasteiger partial charge in [0.1, 0.15) is 0 Å². The fourth-order valence-electron chi connectivity index (χ4n) is 4.14. The predicted molar refractivity (Wildman–Crippen MR) is 76.1 cm³/mol. The molecular weight excluding hydrogens is 222 g/mol. The molecule has 1 N–H and O–H groups in total. The third-order valence-corrected chi connectivity index (χ3v) is 4.61. The largest absolute Gasteiger partial charge is 0.395 e. The van der Waals surface area contributed by atoms with E-state index in [1.165, 1.54) is 17.7 Å². The molecule has 0 aromatic carbocycles. The molecule has 18 heavy (non-hydrogen) atoms. The number of hydrogen-bond acceptors (Lipinski definition) is 2. The van der Waals surface area contributed by atoms with Gasteiger partial charge in [0.2, 0.25) is 0 Å². The van der Waals surface area contributed by atoms with Gasteiger partial charge < -0.3 is 10.0 Å². The summed E-state index contributed by atoms with van der Waals surface area (Å²) in [7, 11) is 0. The van der Waals surface area contributed by atoms with Crippen molar-refractivity contribution in [2.75, 3.05) is 13.2 Å². The Hall–Kier alpha value is -0.760. The summed E-state index contributed by atoms with van der Waals surface area (Å²) < 4.78 is 0. The van der Waals surface area contributed by atoms with E-state index in [9.17, 15) is 5.11 Å². The summed E-state index contributed by atoms with van der Waals surface area (Å²) in [5.74, 6) is 1.94. The molecule has 1 heterocycles. The van der Waals surface area contributed by atoms with Crippen LogP contribution in [0, 0.1) is 17.8 Å². The van der Waals surface area contributed by atoms with E-state index in [4.69, 9.17) is 0 Å². The monoisotopic (exact) mass is 249 g/mol. The molecule has 0 bridgehead atoms. The van der Waals surface area contributed by atoms with Crippen LogP contribution in [0.3, 0.4) is 0 Å². The van der Waals surface area contributed by atoms with Crippen molar-refractivity contribution in [3.05, 3.63) is 23.4 Å². The van der Waals surface area contributed by atoms with Gasteiger partial charge in [-0.25, -0.2) is 0 Å². The van der Waals surface area contributed by atoms with E-state index in [2.05, 4.69) is 51.7 Å². The van der Waals surface area contributed by atoms with Crippen LogP contribution >= 0.6 is 0 Å².